The maximum Gasteiger partial charge on any atom is 0.257 e. The van der Waals surface area contributed by atoms with Crippen LogP contribution in [0.1, 0.15) is 25.0 Å². The van der Waals surface area contributed by atoms with E-state index in [1.54, 1.807) is 6.07 Å². The number of rotatable bonds is 11. The van der Waals surface area contributed by atoms with Crippen molar-refractivity contribution in [2.24, 2.45) is 0 Å². The lowest BCUT2D eigenvalue weighted by molar-refractivity contribution is -0.123. The summed E-state index contributed by atoms with van der Waals surface area (Å²) in [6.07, 6.45) is 0.779. The molecule has 0 spiro atoms. The molecule has 0 heterocycles. The molecular formula is C21H28Cl2N2O3. The molecule has 28 heavy (non-hydrogen) atoms. The molecule has 0 fully saturated rings. The van der Waals surface area contributed by atoms with Crippen molar-refractivity contribution in [2.45, 2.75) is 26.8 Å². The molecule has 1 amide bonds. The van der Waals surface area contributed by atoms with Gasteiger partial charge in [-0.05, 0) is 37.1 Å². The maximum absolute atomic E-state index is 12.0. The Hall–Kier alpha value is -1.95. The molecule has 0 saturated carbocycles. The van der Waals surface area contributed by atoms with Crippen LogP contribution in [-0.4, -0.2) is 32.2 Å². The van der Waals surface area contributed by atoms with Crippen molar-refractivity contribution >= 4 is 29.9 Å². The van der Waals surface area contributed by atoms with Crippen LogP contribution >= 0.6 is 24.0 Å². The molecule has 0 atom stereocenters. The lowest BCUT2D eigenvalue weighted by atomic mass is 10.1. The molecule has 154 valence electrons. The predicted octanol–water partition coefficient (Wildman–Crippen LogP) is 4.01. The number of nitrogens with one attached hydrogen (secondary N) is 2. The third kappa shape index (κ3) is 7.97. The smallest absolute Gasteiger partial charge is 0.257 e. The predicted molar refractivity (Wildman–Crippen MR) is 116 cm³/mol. The van der Waals surface area contributed by atoms with Crippen molar-refractivity contribution in [2.75, 3.05) is 26.3 Å². The van der Waals surface area contributed by atoms with Gasteiger partial charge in [-0.1, -0.05) is 48.9 Å². The molecule has 0 aromatic heterocycles. The van der Waals surface area contributed by atoms with Gasteiger partial charge in [0.1, 0.15) is 0 Å². The summed E-state index contributed by atoms with van der Waals surface area (Å²) in [6.45, 7) is 6.41. The summed E-state index contributed by atoms with van der Waals surface area (Å²) in [5.74, 6) is 0.883. The number of hydrogen-bond acceptors (Lipinski definition) is 4. The Morgan fingerprint density at radius 1 is 1.07 bits per heavy atom. The zero-order valence-electron chi connectivity index (χ0n) is 16.3. The van der Waals surface area contributed by atoms with E-state index >= 15 is 0 Å². The third-order valence-electron chi connectivity index (χ3n) is 3.92. The van der Waals surface area contributed by atoms with E-state index in [-0.39, 0.29) is 24.9 Å². The number of benzene rings is 2. The van der Waals surface area contributed by atoms with Gasteiger partial charge < -0.3 is 20.1 Å². The van der Waals surface area contributed by atoms with Gasteiger partial charge in [-0.15, -0.1) is 12.4 Å². The first-order valence-corrected chi connectivity index (χ1v) is 9.61. The first-order chi connectivity index (χ1) is 13.1. The number of carbonyl (C=O) groups is 1. The Morgan fingerprint density at radius 3 is 2.46 bits per heavy atom. The van der Waals surface area contributed by atoms with Gasteiger partial charge in [-0.25, -0.2) is 0 Å². The molecular weight excluding hydrogens is 399 g/mol. The summed E-state index contributed by atoms with van der Waals surface area (Å²) in [4.78, 5) is 12.0. The number of ether oxygens (including phenoxy) is 2. The zero-order chi connectivity index (χ0) is 19.5. The molecule has 0 radical (unpaired) electrons. The van der Waals surface area contributed by atoms with Crippen LogP contribution in [0, 0.1) is 0 Å². The molecule has 0 aliphatic rings. The van der Waals surface area contributed by atoms with Gasteiger partial charge in [0.15, 0.2) is 18.1 Å². The van der Waals surface area contributed by atoms with Gasteiger partial charge in [-0.2, -0.15) is 0 Å². The molecule has 0 aliphatic carbocycles. The second kappa shape index (κ2) is 13.3. The van der Waals surface area contributed by atoms with Crippen LogP contribution in [0.3, 0.4) is 0 Å². The van der Waals surface area contributed by atoms with E-state index in [4.69, 9.17) is 21.1 Å². The second-order valence-corrected chi connectivity index (χ2v) is 6.39. The third-order valence-corrected chi connectivity index (χ3v) is 4.27. The Labute approximate surface area is 178 Å². The van der Waals surface area contributed by atoms with E-state index in [0.717, 1.165) is 18.5 Å². The molecule has 2 N–H and O–H groups in total. The van der Waals surface area contributed by atoms with Crippen molar-refractivity contribution in [3.8, 4) is 11.5 Å². The van der Waals surface area contributed by atoms with Crippen molar-refractivity contribution in [3.63, 3.8) is 0 Å². The molecule has 2 aromatic carbocycles. The maximum atomic E-state index is 12.0. The van der Waals surface area contributed by atoms with Crippen molar-refractivity contribution < 1.29 is 14.3 Å². The van der Waals surface area contributed by atoms with Crippen LogP contribution in [0.5, 0.6) is 11.5 Å². The highest BCUT2D eigenvalue weighted by Gasteiger charge is 2.12. The lowest BCUT2D eigenvalue weighted by Crippen LogP contribution is -2.30. The fraction of sp³-hybridized carbons (Fsp3) is 0.381. The standard InChI is InChI=1S/C21H27ClN2O3.ClH/c1-3-23-14-17-12-19(26-4-2)20(13-18(17)22)27-15-21(25)24-11-10-16-8-6-5-7-9-16;/h5-9,12-13,23H,3-4,10-11,14-15H2,1-2H3,(H,24,25);1H. The fourth-order valence-corrected chi connectivity index (χ4v) is 2.76. The van der Waals surface area contributed by atoms with Crippen molar-refractivity contribution in [1.29, 1.82) is 0 Å². The molecule has 0 aliphatic heterocycles. The van der Waals surface area contributed by atoms with Gasteiger partial charge in [0.05, 0.1) is 6.61 Å². The first-order valence-electron chi connectivity index (χ1n) is 9.23. The molecule has 7 heteroatoms. The van der Waals surface area contributed by atoms with Crippen LogP contribution in [0.25, 0.3) is 0 Å². The van der Waals surface area contributed by atoms with E-state index < -0.39 is 0 Å². The Morgan fingerprint density at radius 2 is 1.79 bits per heavy atom. The number of amides is 1. The highest BCUT2D eigenvalue weighted by molar-refractivity contribution is 6.31. The van der Waals surface area contributed by atoms with Gasteiger partial charge in [-0.3, -0.25) is 4.79 Å². The zero-order valence-corrected chi connectivity index (χ0v) is 17.9. The van der Waals surface area contributed by atoms with E-state index in [1.807, 2.05) is 50.2 Å². The SMILES string of the molecule is CCNCc1cc(OCC)c(OCC(=O)NCCc2ccccc2)cc1Cl.Cl. The first kappa shape index (κ1) is 24.1. The summed E-state index contributed by atoms with van der Waals surface area (Å²) in [5.41, 5.74) is 2.11. The quantitative estimate of drug-likeness (QED) is 0.569. The number of carbonyl (C=O) groups excluding carboxylic acids is 1. The molecule has 2 rings (SSSR count). The molecule has 0 saturated heterocycles. The summed E-state index contributed by atoms with van der Waals surface area (Å²) in [6, 6.07) is 13.6. The van der Waals surface area contributed by atoms with E-state index in [9.17, 15) is 4.79 Å². The topological polar surface area (TPSA) is 59.6 Å². The molecule has 0 unspecified atom stereocenters. The molecule has 2 aromatic rings. The minimum Gasteiger partial charge on any atom is -0.490 e. The van der Waals surface area contributed by atoms with E-state index in [0.29, 0.717) is 36.2 Å². The minimum atomic E-state index is -0.179. The van der Waals surface area contributed by atoms with E-state index in [2.05, 4.69) is 10.6 Å². The summed E-state index contributed by atoms with van der Waals surface area (Å²) < 4.78 is 11.3. The van der Waals surface area contributed by atoms with Crippen molar-refractivity contribution in [1.82, 2.24) is 10.6 Å². The number of hydrogen-bond donors (Lipinski definition) is 2. The molecule has 5 nitrogen and oxygen atoms in total. The monoisotopic (exact) mass is 426 g/mol. The Bertz CT molecular complexity index is 727. The Kier molecular flexibility index (Phi) is 11.4. The van der Waals surface area contributed by atoms with E-state index in [1.165, 1.54) is 5.56 Å². The highest BCUT2D eigenvalue weighted by Crippen LogP contribution is 2.33. The average molecular weight is 427 g/mol. The normalized spacial score (nSPS) is 10.1. The van der Waals surface area contributed by atoms with Crippen LogP contribution in [0.15, 0.2) is 42.5 Å². The second-order valence-electron chi connectivity index (χ2n) is 5.98. The van der Waals surface area contributed by atoms with Gasteiger partial charge in [0, 0.05) is 24.2 Å². The van der Waals surface area contributed by atoms with Crippen LogP contribution < -0.4 is 20.1 Å². The van der Waals surface area contributed by atoms with Gasteiger partial charge in [0.2, 0.25) is 0 Å². The van der Waals surface area contributed by atoms with Gasteiger partial charge in [0.25, 0.3) is 5.91 Å². The van der Waals surface area contributed by atoms with Crippen LogP contribution in [-0.2, 0) is 17.8 Å². The van der Waals surface area contributed by atoms with Crippen LogP contribution in [0.4, 0.5) is 0 Å². The highest BCUT2D eigenvalue weighted by atomic mass is 35.5. The summed E-state index contributed by atoms with van der Waals surface area (Å²) in [5, 5.41) is 6.68. The van der Waals surface area contributed by atoms with Crippen LogP contribution in [0.2, 0.25) is 5.02 Å². The Balaban J connectivity index is 0.00000392. The summed E-state index contributed by atoms with van der Waals surface area (Å²) in [7, 11) is 0. The molecule has 0 bridgehead atoms. The average Bonchev–Trinajstić information content (AvgIpc) is 2.68. The fourth-order valence-electron chi connectivity index (χ4n) is 2.54. The van der Waals surface area contributed by atoms with Crippen molar-refractivity contribution in [3.05, 3.63) is 58.6 Å². The number of halogens is 2. The summed E-state index contributed by atoms with van der Waals surface area (Å²) >= 11 is 6.33. The minimum absolute atomic E-state index is 0. The van der Waals surface area contributed by atoms with Gasteiger partial charge >= 0.3 is 0 Å². The largest absolute Gasteiger partial charge is 0.490 e. The lowest BCUT2D eigenvalue weighted by Gasteiger charge is -2.15.